The van der Waals surface area contributed by atoms with Crippen LogP contribution in [0, 0.1) is 5.92 Å². The SMILES string of the molecule is O=C(Nc1ccccn1)N1CCN(C(=O)c2ccc(OCCC3CCCCC3)nc2)CC1. The van der Waals surface area contributed by atoms with E-state index in [1.807, 2.05) is 6.07 Å². The fourth-order valence-corrected chi connectivity index (χ4v) is 4.32. The second-order valence-corrected chi connectivity index (χ2v) is 8.45. The summed E-state index contributed by atoms with van der Waals surface area (Å²) in [7, 11) is 0. The molecule has 1 saturated carbocycles. The molecule has 0 radical (unpaired) electrons. The van der Waals surface area contributed by atoms with Crippen molar-refractivity contribution in [1.82, 2.24) is 19.8 Å². The first-order valence-corrected chi connectivity index (χ1v) is 11.5. The van der Waals surface area contributed by atoms with Gasteiger partial charge in [-0.1, -0.05) is 38.2 Å². The molecule has 4 rings (SSSR count). The van der Waals surface area contributed by atoms with Crippen LogP contribution in [0.4, 0.5) is 10.6 Å². The first-order chi connectivity index (χ1) is 15.7. The van der Waals surface area contributed by atoms with Crippen LogP contribution in [0.15, 0.2) is 42.7 Å². The Hall–Kier alpha value is -3.16. The molecule has 0 aromatic carbocycles. The zero-order chi connectivity index (χ0) is 22.2. The van der Waals surface area contributed by atoms with Gasteiger partial charge in [0.2, 0.25) is 5.88 Å². The standard InChI is InChI=1S/C24H31N5O3/c30-23(20-9-10-22(26-18-20)32-17-11-19-6-2-1-3-7-19)28-13-15-29(16-14-28)24(31)27-21-8-4-5-12-25-21/h4-5,8-10,12,18-19H,1-3,6-7,11,13-17H2,(H,25,27,31). The monoisotopic (exact) mass is 437 g/mol. The minimum atomic E-state index is -0.202. The molecular formula is C24H31N5O3. The maximum atomic E-state index is 12.8. The lowest BCUT2D eigenvalue weighted by Gasteiger charge is -2.34. The van der Waals surface area contributed by atoms with Crippen molar-refractivity contribution in [2.75, 3.05) is 38.1 Å². The molecule has 0 spiro atoms. The van der Waals surface area contributed by atoms with Gasteiger partial charge in [-0.3, -0.25) is 10.1 Å². The summed E-state index contributed by atoms with van der Waals surface area (Å²) >= 11 is 0. The molecule has 1 N–H and O–H groups in total. The average molecular weight is 438 g/mol. The van der Waals surface area contributed by atoms with Crippen molar-refractivity contribution in [3.8, 4) is 5.88 Å². The number of piperazine rings is 1. The number of rotatable bonds is 6. The van der Waals surface area contributed by atoms with Crippen LogP contribution in [0.5, 0.6) is 5.88 Å². The van der Waals surface area contributed by atoms with E-state index in [0.29, 0.717) is 50.0 Å². The molecule has 0 atom stereocenters. The third kappa shape index (κ3) is 5.96. The van der Waals surface area contributed by atoms with Crippen LogP contribution >= 0.6 is 0 Å². The maximum Gasteiger partial charge on any atom is 0.323 e. The summed E-state index contributed by atoms with van der Waals surface area (Å²) in [5.74, 6) is 1.78. The zero-order valence-electron chi connectivity index (χ0n) is 18.4. The smallest absolute Gasteiger partial charge is 0.323 e. The molecule has 32 heavy (non-hydrogen) atoms. The summed E-state index contributed by atoms with van der Waals surface area (Å²) < 4.78 is 5.79. The van der Waals surface area contributed by atoms with Crippen molar-refractivity contribution >= 4 is 17.8 Å². The third-order valence-electron chi connectivity index (χ3n) is 6.24. The van der Waals surface area contributed by atoms with Crippen molar-refractivity contribution in [3.63, 3.8) is 0 Å². The summed E-state index contributed by atoms with van der Waals surface area (Å²) in [6.45, 7) is 2.58. The van der Waals surface area contributed by atoms with Gasteiger partial charge >= 0.3 is 6.03 Å². The van der Waals surface area contributed by atoms with E-state index in [1.165, 1.54) is 32.1 Å². The molecule has 1 aliphatic carbocycles. The molecule has 8 nitrogen and oxygen atoms in total. The predicted molar refractivity (Wildman–Crippen MR) is 122 cm³/mol. The van der Waals surface area contributed by atoms with Crippen LogP contribution in [-0.2, 0) is 0 Å². The van der Waals surface area contributed by atoms with E-state index in [2.05, 4.69) is 15.3 Å². The summed E-state index contributed by atoms with van der Waals surface area (Å²) in [5, 5.41) is 2.78. The molecule has 0 bridgehead atoms. The van der Waals surface area contributed by atoms with Gasteiger partial charge in [-0.25, -0.2) is 14.8 Å². The highest BCUT2D eigenvalue weighted by Gasteiger charge is 2.25. The second kappa shape index (κ2) is 10.9. The first kappa shape index (κ1) is 22.0. The van der Waals surface area contributed by atoms with Gasteiger partial charge in [0.1, 0.15) is 5.82 Å². The predicted octanol–water partition coefficient (Wildman–Crippen LogP) is 3.82. The number of ether oxygens (including phenoxy) is 1. The topological polar surface area (TPSA) is 87.7 Å². The molecule has 2 aromatic rings. The number of carbonyl (C=O) groups is 2. The first-order valence-electron chi connectivity index (χ1n) is 11.5. The molecular weight excluding hydrogens is 406 g/mol. The van der Waals surface area contributed by atoms with Gasteiger partial charge in [0.15, 0.2) is 0 Å². The number of aromatic nitrogens is 2. The van der Waals surface area contributed by atoms with Gasteiger partial charge in [0.05, 0.1) is 12.2 Å². The minimum absolute atomic E-state index is 0.0731. The fourth-order valence-electron chi connectivity index (χ4n) is 4.32. The van der Waals surface area contributed by atoms with E-state index in [9.17, 15) is 9.59 Å². The van der Waals surface area contributed by atoms with Gasteiger partial charge in [-0.2, -0.15) is 0 Å². The average Bonchev–Trinajstić information content (AvgIpc) is 2.85. The molecule has 170 valence electrons. The molecule has 2 aliphatic rings. The van der Waals surface area contributed by atoms with Crippen molar-refractivity contribution in [2.45, 2.75) is 38.5 Å². The molecule has 3 amide bonds. The molecule has 1 saturated heterocycles. The minimum Gasteiger partial charge on any atom is -0.478 e. The number of anilines is 1. The molecule has 8 heteroatoms. The van der Waals surface area contributed by atoms with Crippen molar-refractivity contribution in [3.05, 3.63) is 48.3 Å². The fraction of sp³-hybridized carbons (Fsp3) is 0.500. The number of hydrogen-bond donors (Lipinski definition) is 1. The summed E-state index contributed by atoms with van der Waals surface area (Å²) in [6.07, 6.45) is 10.9. The summed E-state index contributed by atoms with van der Waals surface area (Å²) in [5.41, 5.74) is 0.538. The van der Waals surface area contributed by atoms with Gasteiger partial charge in [0.25, 0.3) is 5.91 Å². The Labute approximate surface area is 189 Å². The van der Waals surface area contributed by atoms with Crippen molar-refractivity contribution < 1.29 is 14.3 Å². The molecule has 2 fully saturated rings. The lowest BCUT2D eigenvalue weighted by Crippen LogP contribution is -2.51. The normalized spacial score (nSPS) is 17.1. The largest absolute Gasteiger partial charge is 0.478 e. The van der Waals surface area contributed by atoms with Gasteiger partial charge in [0, 0.05) is 44.6 Å². The third-order valence-corrected chi connectivity index (χ3v) is 6.24. The van der Waals surface area contributed by atoms with Gasteiger partial charge in [-0.15, -0.1) is 0 Å². The Kier molecular flexibility index (Phi) is 7.53. The van der Waals surface area contributed by atoms with Crippen LogP contribution < -0.4 is 10.1 Å². The van der Waals surface area contributed by atoms with E-state index < -0.39 is 0 Å². The van der Waals surface area contributed by atoms with Crippen LogP contribution in [-0.4, -0.2) is 64.5 Å². The number of pyridine rings is 2. The number of nitrogens with zero attached hydrogens (tertiary/aromatic N) is 4. The van der Waals surface area contributed by atoms with E-state index in [0.717, 1.165) is 12.3 Å². The number of amides is 3. The van der Waals surface area contributed by atoms with Crippen LogP contribution in [0.25, 0.3) is 0 Å². The van der Waals surface area contributed by atoms with E-state index in [4.69, 9.17) is 4.74 Å². The molecule has 0 unspecified atom stereocenters. The lowest BCUT2D eigenvalue weighted by molar-refractivity contribution is 0.0671. The maximum absolute atomic E-state index is 12.8. The second-order valence-electron chi connectivity index (χ2n) is 8.45. The molecule has 2 aromatic heterocycles. The Bertz CT molecular complexity index is 876. The number of carbonyl (C=O) groups excluding carboxylic acids is 2. The zero-order valence-corrected chi connectivity index (χ0v) is 18.4. The highest BCUT2D eigenvalue weighted by Crippen LogP contribution is 2.26. The Morgan fingerprint density at radius 1 is 0.969 bits per heavy atom. The Balaban J connectivity index is 1.21. The lowest BCUT2D eigenvalue weighted by atomic mass is 9.87. The Morgan fingerprint density at radius 3 is 2.44 bits per heavy atom. The number of hydrogen-bond acceptors (Lipinski definition) is 5. The van der Waals surface area contributed by atoms with E-state index in [1.54, 1.807) is 46.5 Å². The molecule has 3 heterocycles. The summed E-state index contributed by atoms with van der Waals surface area (Å²) in [6, 6.07) is 8.70. The van der Waals surface area contributed by atoms with E-state index in [-0.39, 0.29) is 11.9 Å². The number of urea groups is 1. The quantitative estimate of drug-likeness (QED) is 0.742. The highest BCUT2D eigenvalue weighted by atomic mass is 16.5. The van der Waals surface area contributed by atoms with E-state index >= 15 is 0 Å². The Morgan fingerprint density at radius 2 is 1.75 bits per heavy atom. The van der Waals surface area contributed by atoms with Gasteiger partial charge < -0.3 is 14.5 Å². The van der Waals surface area contributed by atoms with Crippen molar-refractivity contribution in [2.24, 2.45) is 5.92 Å². The number of nitrogens with one attached hydrogen (secondary N) is 1. The summed E-state index contributed by atoms with van der Waals surface area (Å²) in [4.78, 5) is 37.1. The van der Waals surface area contributed by atoms with Crippen LogP contribution in [0.2, 0.25) is 0 Å². The highest BCUT2D eigenvalue weighted by molar-refractivity contribution is 5.94. The van der Waals surface area contributed by atoms with Crippen LogP contribution in [0.3, 0.4) is 0 Å². The van der Waals surface area contributed by atoms with Crippen molar-refractivity contribution in [1.29, 1.82) is 0 Å². The van der Waals surface area contributed by atoms with Gasteiger partial charge in [-0.05, 0) is 30.5 Å². The molecule has 1 aliphatic heterocycles. The van der Waals surface area contributed by atoms with Crippen LogP contribution in [0.1, 0.15) is 48.9 Å².